The minimum atomic E-state index is -0.501. The molecule has 0 aliphatic rings. The van der Waals surface area contributed by atoms with Gasteiger partial charge in [0.05, 0.1) is 12.2 Å². The number of nitrogens with zero attached hydrogens (tertiary/aromatic N) is 1. The quantitative estimate of drug-likeness (QED) is 0.454. The van der Waals surface area contributed by atoms with Crippen LogP contribution in [0, 0.1) is 0 Å². The summed E-state index contributed by atoms with van der Waals surface area (Å²) in [5.41, 5.74) is 0.990. The first-order valence-electron chi connectivity index (χ1n) is 9.81. The van der Waals surface area contributed by atoms with Gasteiger partial charge in [-0.05, 0) is 36.1 Å². The molecule has 2 aromatic heterocycles. The standard InChI is InChI=1S/C24H20N2O4S/c1-2-30-24(29)19-14-20(17-9-4-3-5-10-17)31-22(19)25-21(27)15-26-13-12-16-8-6-7-11-18(16)23(26)28/h3-14H,2,15H2,1H3,(H,25,27). The Morgan fingerprint density at radius 3 is 2.55 bits per heavy atom. The summed E-state index contributed by atoms with van der Waals surface area (Å²) >= 11 is 1.29. The van der Waals surface area contributed by atoms with Crippen molar-refractivity contribution in [2.24, 2.45) is 0 Å². The lowest BCUT2D eigenvalue weighted by Gasteiger charge is -2.09. The molecule has 0 atom stereocenters. The van der Waals surface area contributed by atoms with E-state index in [9.17, 15) is 14.4 Å². The van der Waals surface area contributed by atoms with E-state index in [4.69, 9.17) is 4.74 Å². The lowest BCUT2D eigenvalue weighted by atomic mass is 10.1. The number of hydrogen-bond donors (Lipinski definition) is 1. The van der Waals surface area contributed by atoms with Gasteiger partial charge in [-0.1, -0.05) is 48.5 Å². The minimum Gasteiger partial charge on any atom is -0.462 e. The summed E-state index contributed by atoms with van der Waals surface area (Å²) in [5, 5.41) is 4.55. The van der Waals surface area contributed by atoms with Crippen LogP contribution in [-0.2, 0) is 16.1 Å². The third-order valence-corrected chi connectivity index (χ3v) is 5.84. The van der Waals surface area contributed by atoms with Gasteiger partial charge in [-0.2, -0.15) is 0 Å². The molecular weight excluding hydrogens is 412 g/mol. The summed E-state index contributed by atoms with van der Waals surface area (Å²) in [7, 11) is 0. The number of aromatic nitrogens is 1. The Balaban J connectivity index is 1.61. The molecular formula is C24H20N2O4S. The summed E-state index contributed by atoms with van der Waals surface area (Å²) < 4.78 is 6.50. The van der Waals surface area contributed by atoms with E-state index in [0.29, 0.717) is 16.0 Å². The van der Waals surface area contributed by atoms with E-state index >= 15 is 0 Å². The normalized spacial score (nSPS) is 10.7. The van der Waals surface area contributed by atoms with E-state index in [1.807, 2.05) is 42.5 Å². The lowest BCUT2D eigenvalue weighted by Crippen LogP contribution is -2.27. The predicted octanol–water partition coefficient (Wildman–Crippen LogP) is 4.55. The third kappa shape index (κ3) is 4.41. The Kier molecular flexibility index (Phi) is 5.95. The first-order chi connectivity index (χ1) is 15.1. The van der Waals surface area contributed by atoms with Gasteiger partial charge in [0.15, 0.2) is 0 Å². The fourth-order valence-corrected chi connectivity index (χ4v) is 4.33. The number of benzene rings is 2. The maximum Gasteiger partial charge on any atom is 0.341 e. The van der Waals surface area contributed by atoms with Crippen LogP contribution in [0.3, 0.4) is 0 Å². The van der Waals surface area contributed by atoms with Gasteiger partial charge in [0.1, 0.15) is 11.5 Å². The highest BCUT2D eigenvalue weighted by atomic mass is 32.1. The third-order valence-electron chi connectivity index (χ3n) is 4.74. The van der Waals surface area contributed by atoms with Crippen LogP contribution >= 0.6 is 11.3 Å². The number of amides is 1. The lowest BCUT2D eigenvalue weighted by molar-refractivity contribution is -0.116. The molecule has 0 unspecified atom stereocenters. The number of anilines is 1. The highest BCUT2D eigenvalue weighted by molar-refractivity contribution is 7.20. The number of carbonyl (C=O) groups is 2. The maximum atomic E-state index is 12.7. The molecule has 0 saturated carbocycles. The van der Waals surface area contributed by atoms with Crippen molar-refractivity contribution in [2.45, 2.75) is 13.5 Å². The van der Waals surface area contributed by atoms with Gasteiger partial charge in [-0.25, -0.2) is 4.79 Å². The second kappa shape index (κ2) is 8.97. The summed E-state index contributed by atoms with van der Waals surface area (Å²) in [4.78, 5) is 38.7. The molecule has 4 rings (SSSR count). The Morgan fingerprint density at radius 2 is 1.77 bits per heavy atom. The molecule has 0 bridgehead atoms. The van der Waals surface area contributed by atoms with Crippen LogP contribution in [0.25, 0.3) is 21.2 Å². The fourth-order valence-electron chi connectivity index (χ4n) is 3.26. The molecule has 31 heavy (non-hydrogen) atoms. The van der Waals surface area contributed by atoms with Crippen molar-refractivity contribution in [3.05, 3.63) is 88.8 Å². The smallest absolute Gasteiger partial charge is 0.341 e. The van der Waals surface area contributed by atoms with Crippen molar-refractivity contribution in [1.29, 1.82) is 0 Å². The summed E-state index contributed by atoms with van der Waals surface area (Å²) in [5.74, 6) is -0.900. The van der Waals surface area contributed by atoms with E-state index in [1.54, 1.807) is 37.4 Å². The Morgan fingerprint density at radius 1 is 1.03 bits per heavy atom. The Hall–Kier alpha value is -3.71. The molecule has 0 fully saturated rings. The molecule has 0 aliphatic carbocycles. The highest BCUT2D eigenvalue weighted by Crippen LogP contribution is 2.36. The molecule has 0 spiro atoms. The van der Waals surface area contributed by atoms with Crippen LogP contribution in [0.2, 0.25) is 0 Å². The van der Waals surface area contributed by atoms with Crippen molar-refractivity contribution in [2.75, 3.05) is 11.9 Å². The van der Waals surface area contributed by atoms with Gasteiger partial charge in [0, 0.05) is 16.5 Å². The average molecular weight is 433 g/mol. The number of ether oxygens (including phenoxy) is 1. The number of nitrogens with one attached hydrogen (secondary N) is 1. The number of thiophene rings is 1. The zero-order chi connectivity index (χ0) is 21.8. The summed E-state index contributed by atoms with van der Waals surface area (Å²) in [6.07, 6.45) is 1.60. The van der Waals surface area contributed by atoms with Crippen molar-refractivity contribution >= 4 is 39.0 Å². The number of hydrogen-bond acceptors (Lipinski definition) is 5. The molecule has 0 radical (unpaired) electrons. The van der Waals surface area contributed by atoms with Crippen LogP contribution in [0.15, 0.2) is 77.7 Å². The maximum absolute atomic E-state index is 12.7. The van der Waals surface area contributed by atoms with Crippen LogP contribution in [0.4, 0.5) is 5.00 Å². The molecule has 2 heterocycles. The minimum absolute atomic E-state index is 0.162. The Labute approximate surface area is 182 Å². The van der Waals surface area contributed by atoms with E-state index in [0.717, 1.165) is 15.8 Å². The first-order valence-corrected chi connectivity index (χ1v) is 10.6. The molecule has 0 aliphatic heterocycles. The average Bonchev–Trinajstić information content (AvgIpc) is 3.20. The molecule has 1 amide bonds. The van der Waals surface area contributed by atoms with Crippen molar-refractivity contribution in [3.8, 4) is 10.4 Å². The first kappa shape index (κ1) is 20.6. The van der Waals surface area contributed by atoms with Gasteiger partial charge < -0.3 is 14.6 Å². The van der Waals surface area contributed by atoms with E-state index in [-0.39, 0.29) is 18.7 Å². The van der Waals surface area contributed by atoms with Gasteiger partial charge in [-0.15, -0.1) is 11.3 Å². The number of esters is 1. The van der Waals surface area contributed by atoms with Crippen molar-refractivity contribution < 1.29 is 14.3 Å². The molecule has 7 heteroatoms. The van der Waals surface area contributed by atoms with Crippen LogP contribution in [0.5, 0.6) is 0 Å². The predicted molar refractivity (Wildman–Crippen MR) is 123 cm³/mol. The van der Waals surface area contributed by atoms with E-state index < -0.39 is 11.9 Å². The number of carbonyl (C=O) groups excluding carboxylic acids is 2. The monoisotopic (exact) mass is 432 g/mol. The molecule has 4 aromatic rings. The van der Waals surface area contributed by atoms with Crippen LogP contribution in [0.1, 0.15) is 17.3 Å². The number of fused-ring (bicyclic) bond motifs is 1. The molecule has 2 aromatic carbocycles. The molecule has 0 saturated heterocycles. The van der Waals surface area contributed by atoms with Gasteiger partial charge >= 0.3 is 5.97 Å². The molecule has 6 nitrogen and oxygen atoms in total. The highest BCUT2D eigenvalue weighted by Gasteiger charge is 2.20. The number of rotatable bonds is 6. The zero-order valence-electron chi connectivity index (χ0n) is 16.8. The van der Waals surface area contributed by atoms with Crippen molar-refractivity contribution in [1.82, 2.24) is 4.57 Å². The topological polar surface area (TPSA) is 77.4 Å². The van der Waals surface area contributed by atoms with Gasteiger partial charge in [0.2, 0.25) is 5.91 Å². The second-order valence-electron chi connectivity index (χ2n) is 6.82. The van der Waals surface area contributed by atoms with E-state index in [1.165, 1.54) is 15.9 Å². The number of pyridine rings is 1. The SMILES string of the molecule is CCOC(=O)c1cc(-c2ccccc2)sc1NC(=O)Cn1ccc2ccccc2c1=O. The van der Waals surface area contributed by atoms with Gasteiger partial charge in [-0.3, -0.25) is 9.59 Å². The fraction of sp³-hybridized carbons (Fsp3) is 0.125. The summed E-state index contributed by atoms with van der Waals surface area (Å²) in [6.45, 7) is 1.80. The van der Waals surface area contributed by atoms with Crippen LogP contribution in [-0.4, -0.2) is 23.1 Å². The largest absolute Gasteiger partial charge is 0.462 e. The van der Waals surface area contributed by atoms with Crippen LogP contribution < -0.4 is 10.9 Å². The van der Waals surface area contributed by atoms with Crippen molar-refractivity contribution in [3.63, 3.8) is 0 Å². The Bertz CT molecular complexity index is 1310. The summed E-state index contributed by atoms with van der Waals surface area (Å²) in [6, 6.07) is 20.3. The zero-order valence-corrected chi connectivity index (χ0v) is 17.6. The van der Waals surface area contributed by atoms with Gasteiger partial charge in [0.25, 0.3) is 5.56 Å². The van der Waals surface area contributed by atoms with E-state index in [2.05, 4.69) is 5.32 Å². The second-order valence-corrected chi connectivity index (χ2v) is 7.88. The molecule has 1 N–H and O–H groups in total. The molecule has 156 valence electrons.